The van der Waals surface area contributed by atoms with Crippen LogP contribution in [0.1, 0.15) is 27.2 Å². The van der Waals surface area contributed by atoms with Crippen molar-refractivity contribution in [2.75, 3.05) is 13.2 Å². The number of rotatable bonds is 3. The average Bonchev–Trinajstić information content (AvgIpc) is 2.10. The number of hydrogen-bond acceptors (Lipinski definition) is 3. The first kappa shape index (κ1) is 11.0. The van der Waals surface area contributed by atoms with Crippen LogP contribution in [0.3, 0.4) is 0 Å². The van der Waals surface area contributed by atoms with Crippen LogP contribution in [0.15, 0.2) is 0 Å². The van der Waals surface area contributed by atoms with E-state index in [1.54, 1.807) is 0 Å². The van der Waals surface area contributed by atoms with Crippen molar-refractivity contribution in [2.45, 2.75) is 45.3 Å². The zero-order valence-corrected chi connectivity index (χ0v) is 8.88. The molecule has 78 valence electrons. The van der Waals surface area contributed by atoms with Gasteiger partial charge in [0.1, 0.15) is 0 Å². The van der Waals surface area contributed by atoms with Gasteiger partial charge >= 0.3 is 0 Å². The standard InChI is InChI=1S/C10H22N2O/c1-7(4-5-13)10-6-11-8(2)9(3)12-10/h7-13H,4-6H2,1-3H3. The Labute approximate surface area is 80.9 Å². The highest BCUT2D eigenvalue weighted by molar-refractivity contribution is 4.88. The van der Waals surface area contributed by atoms with Gasteiger partial charge in [-0.05, 0) is 26.2 Å². The molecule has 1 aliphatic heterocycles. The second-order valence-electron chi connectivity index (χ2n) is 4.25. The molecule has 13 heavy (non-hydrogen) atoms. The Hall–Kier alpha value is -0.120. The molecule has 0 spiro atoms. The van der Waals surface area contributed by atoms with Crippen LogP contribution in [0.4, 0.5) is 0 Å². The number of aliphatic hydroxyl groups excluding tert-OH is 1. The summed E-state index contributed by atoms with van der Waals surface area (Å²) >= 11 is 0. The smallest absolute Gasteiger partial charge is 0.0434 e. The molecule has 0 bridgehead atoms. The zero-order chi connectivity index (χ0) is 9.84. The van der Waals surface area contributed by atoms with Gasteiger partial charge in [0.25, 0.3) is 0 Å². The van der Waals surface area contributed by atoms with Gasteiger partial charge in [-0.1, -0.05) is 6.92 Å². The second kappa shape index (κ2) is 4.94. The fraction of sp³-hybridized carbons (Fsp3) is 1.00. The molecule has 3 N–H and O–H groups in total. The molecule has 4 unspecified atom stereocenters. The first-order valence-electron chi connectivity index (χ1n) is 5.25. The fourth-order valence-corrected chi connectivity index (χ4v) is 1.80. The Bertz CT molecular complexity index is 152. The molecular weight excluding hydrogens is 164 g/mol. The van der Waals surface area contributed by atoms with Gasteiger partial charge in [-0.15, -0.1) is 0 Å². The van der Waals surface area contributed by atoms with E-state index < -0.39 is 0 Å². The Morgan fingerprint density at radius 2 is 2.08 bits per heavy atom. The van der Waals surface area contributed by atoms with E-state index in [1.165, 1.54) is 0 Å². The van der Waals surface area contributed by atoms with Crippen LogP contribution >= 0.6 is 0 Å². The summed E-state index contributed by atoms with van der Waals surface area (Å²) < 4.78 is 0. The highest BCUT2D eigenvalue weighted by atomic mass is 16.3. The molecule has 3 nitrogen and oxygen atoms in total. The molecule has 1 fully saturated rings. The number of nitrogens with one attached hydrogen (secondary N) is 2. The van der Waals surface area contributed by atoms with Crippen molar-refractivity contribution in [2.24, 2.45) is 5.92 Å². The van der Waals surface area contributed by atoms with Gasteiger partial charge in [0, 0.05) is 31.3 Å². The van der Waals surface area contributed by atoms with Crippen molar-refractivity contribution in [1.82, 2.24) is 10.6 Å². The van der Waals surface area contributed by atoms with Crippen molar-refractivity contribution in [3.8, 4) is 0 Å². The predicted molar refractivity (Wildman–Crippen MR) is 54.7 cm³/mol. The van der Waals surface area contributed by atoms with Crippen molar-refractivity contribution in [3.63, 3.8) is 0 Å². The van der Waals surface area contributed by atoms with Crippen LogP contribution in [0.2, 0.25) is 0 Å². The lowest BCUT2D eigenvalue weighted by molar-refractivity contribution is 0.200. The van der Waals surface area contributed by atoms with E-state index in [2.05, 4.69) is 31.4 Å². The lowest BCUT2D eigenvalue weighted by Gasteiger charge is -2.37. The Balaban J connectivity index is 2.36. The normalized spacial score (nSPS) is 37.4. The predicted octanol–water partition coefficient (Wildman–Crippen LogP) is 0.343. The molecule has 0 aromatic heterocycles. The molecule has 0 amide bonds. The number of aliphatic hydroxyl groups is 1. The molecule has 1 saturated heterocycles. The fourth-order valence-electron chi connectivity index (χ4n) is 1.80. The van der Waals surface area contributed by atoms with Gasteiger partial charge in [-0.2, -0.15) is 0 Å². The summed E-state index contributed by atoms with van der Waals surface area (Å²) in [6, 6.07) is 1.59. The average molecular weight is 186 g/mol. The van der Waals surface area contributed by atoms with E-state index in [0.717, 1.165) is 13.0 Å². The van der Waals surface area contributed by atoms with Gasteiger partial charge in [-0.3, -0.25) is 0 Å². The summed E-state index contributed by atoms with van der Waals surface area (Å²) in [7, 11) is 0. The molecule has 4 atom stereocenters. The summed E-state index contributed by atoms with van der Waals surface area (Å²) in [4.78, 5) is 0. The van der Waals surface area contributed by atoms with E-state index in [4.69, 9.17) is 5.11 Å². The molecule has 0 aromatic carbocycles. The lowest BCUT2D eigenvalue weighted by Crippen LogP contribution is -2.60. The van der Waals surface area contributed by atoms with Gasteiger partial charge in [0.05, 0.1) is 0 Å². The van der Waals surface area contributed by atoms with E-state index in [-0.39, 0.29) is 0 Å². The first-order chi connectivity index (χ1) is 6.15. The molecular formula is C10H22N2O. The summed E-state index contributed by atoms with van der Waals surface area (Å²) in [5.41, 5.74) is 0. The quantitative estimate of drug-likeness (QED) is 0.595. The monoisotopic (exact) mass is 186 g/mol. The van der Waals surface area contributed by atoms with Crippen LogP contribution < -0.4 is 10.6 Å². The zero-order valence-electron chi connectivity index (χ0n) is 8.88. The van der Waals surface area contributed by atoms with Gasteiger partial charge in [0.15, 0.2) is 0 Å². The first-order valence-corrected chi connectivity index (χ1v) is 5.25. The van der Waals surface area contributed by atoms with Crippen molar-refractivity contribution < 1.29 is 5.11 Å². The van der Waals surface area contributed by atoms with Crippen LogP contribution in [0, 0.1) is 5.92 Å². The summed E-state index contributed by atoms with van der Waals surface area (Å²) in [5, 5.41) is 15.9. The van der Waals surface area contributed by atoms with Gasteiger partial charge in [0.2, 0.25) is 0 Å². The summed E-state index contributed by atoms with van der Waals surface area (Å²) in [5.74, 6) is 0.549. The lowest BCUT2D eigenvalue weighted by atomic mass is 9.94. The molecule has 1 heterocycles. The van der Waals surface area contributed by atoms with Crippen molar-refractivity contribution in [3.05, 3.63) is 0 Å². The molecule has 0 aliphatic carbocycles. The van der Waals surface area contributed by atoms with Crippen LogP contribution in [0.25, 0.3) is 0 Å². The molecule has 0 saturated carbocycles. The molecule has 3 heteroatoms. The third kappa shape index (κ3) is 2.93. The topological polar surface area (TPSA) is 44.3 Å². The number of hydrogen-bond donors (Lipinski definition) is 3. The maximum absolute atomic E-state index is 8.84. The Morgan fingerprint density at radius 1 is 1.38 bits per heavy atom. The van der Waals surface area contributed by atoms with Gasteiger partial charge < -0.3 is 15.7 Å². The second-order valence-corrected chi connectivity index (χ2v) is 4.25. The van der Waals surface area contributed by atoms with E-state index in [0.29, 0.717) is 30.7 Å². The van der Waals surface area contributed by atoms with E-state index >= 15 is 0 Å². The summed E-state index contributed by atoms with van der Waals surface area (Å²) in [6.45, 7) is 7.91. The SMILES string of the molecule is CC(CCO)C1CNC(C)C(C)N1. The van der Waals surface area contributed by atoms with Crippen LogP contribution in [0.5, 0.6) is 0 Å². The van der Waals surface area contributed by atoms with Crippen LogP contribution in [-0.2, 0) is 0 Å². The highest BCUT2D eigenvalue weighted by Gasteiger charge is 2.26. The highest BCUT2D eigenvalue weighted by Crippen LogP contribution is 2.12. The van der Waals surface area contributed by atoms with Crippen LogP contribution in [-0.4, -0.2) is 36.4 Å². The minimum absolute atomic E-state index is 0.295. The van der Waals surface area contributed by atoms with E-state index in [9.17, 15) is 0 Å². The third-order valence-corrected chi connectivity index (χ3v) is 3.16. The molecule has 1 rings (SSSR count). The molecule has 0 aromatic rings. The minimum Gasteiger partial charge on any atom is -0.396 e. The maximum Gasteiger partial charge on any atom is 0.0434 e. The molecule has 1 aliphatic rings. The van der Waals surface area contributed by atoms with Crippen molar-refractivity contribution in [1.29, 1.82) is 0 Å². The Kier molecular flexibility index (Phi) is 4.16. The van der Waals surface area contributed by atoms with Crippen molar-refractivity contribution >= 4 is 0 Å². The maximum atomic E-state index is 8.84. The van der Waals surface area contributed by atoms with Gasteiger partial charge in [-0.25, -0.2) is 0 Å². The largest absolute Gasteiger partial charge is 0.396 e. The minimum atomic E-state index is 0.295. The van der Waals surface area contributed by atoms with E-state index in [1.807, 2.05) is 0 Å². The Morgan fingerprint density at radius 3 is 2.62 bits per heavy atom. The summed E-state index contributed by atoms with van der Waals surface area (Å²) in [6.07, 6.45) is 0.889. The molecule has 0 radical (unpaired) electrons. The third-order valence-electron chi connectivity index (χ3n) is 3.16. The number of piperazine rings is 1.